The van der Waals surface area contributed by atoms with Crippen LogP contribution in [0.3, 0.4) is 0 Å². The highest BCUT2D eigenvalue weighted by Crippen LogP contribution is 2.14. The largest absolute Gasteiger partial charge is 0.255 e. The molecular formula is C20H42N. The third-order valence-corrected chi connectivity index (χ3v) is 4.49. The van der Waals surface area contributed by atoms with Crippen molar-refractivity contribution in [3.63, 3.8) is 0 Å². The minimum Gasteiger partial charge on any atom is -0.255 e. The quantitative estimate of drug-likeness (QED) is 0.251. The molecule has 0 aliphatic rings. The molecule has 0 aliphatic heterocycles. The molecule has 0 aromatic heterocycles. The van der Waals surface area contributed by atoms with Gasteiger partial charge in [0.15, 0.2) is 0 Å². The summed E-state index contributed by atoms with van der Waals surface area (Å²) in [7, 11) is 0. The summed E-state index contributed by atoms with van der Waals surface area (Å²) >= 11 is 0. The summed E-state index contributed by atoms with van der Waals surface area (Å²) < 4.78 is 0. The van der Waals surface area contributed by atoms with Gasteiger partial charge in [-0.1, -0.05) is 110 Å². The van der Waals surface area contributed by atoms with E-state index in [2.05, 4.69) is 6.92 Å². The lowest BCUT2D eigenvalue weighted by Gasteiger charge is -2.04. The Labute approximate surface area is 135 Å². The van der Waals surface area contributed by atoms with Crippen LogP contribution in [0.5, 0.6) is 0 Å². The summed E-state index contributed by atoms with van der Waals surface area (Å²) in [6, 6.07) is 0.150. The lowest BCUT2D eigenvalue weighted by Crippen LogP contribution is -2.01. The van der Waals surface area contributed by atoms with E-state index in [-0.39, 0.29) is 6.04 Å². The molecule has 0 aliphatic carbocycles. The van der Waals surface area contributed by atoms with Crippen LogP contribution < -0.4 is 5.73 Å². The van der Waals surface area contributed by atoms with Crippen LogP contribution >= 0.6 is 0 Å². The molecule has 0 amide bonds. The van der Waals surface area contributed by atoms with E-state index in [1.165, 1.54) is 103 Å². The van der Waals surface area contributed by atoms with E-state index in [1.54, 1.807) is 0 Å². The van der Waals surface area contributed by atoms with Gasteiger partial charge in [0.1, 0.15) is 0 Å². The molecule has 0 heterocycles. The van der Waals surface area contributed by atoms with Crippen LogP contribution in [0.4, 0.5) is 0 Å². The van der Waals surface area contributed by atoms with Gasteiger partial charge in [-0.2, -0.15) is 0 Å². The zero-order valence-corrected chi connectivity index (χ0v) is 15.1. The smallest absolute Gasteiger partial charge is 0.0184 e. The Hall–Kier alpha value is -0.0400. The Morgan fingerprint density at radius 3 is 1.10 bits per heavy atom. The van der Waals surface area contributed by atoms with Crippen LogP contribution in [0, 0.1) is 0 Å². The topological polar surface area (TPSA) is 23.8 Å². The fourth-order valence-electron chi connectivity index (χ4n) is 3.00. The lowest BCUT2D eigenvalue weighted by molar-refractivity contribution is 0.518. The minimum atomic E-state index is 0.150. The molecule has 1 atom stereocenters. The van der Waals surface area contributed by atoms with E-state index >= 15 is 0 Å². The van der Waals surface area contributed by atoms with E-state index in [0.717, 1.165) is 6.42 Å². The molecule has 0 aromatic carbocycles. The molecule has 1 unspecified atom stereocenters. The normalized spacial score (nSPS) is 12.7. The van der Waals surface area contributed by atoms with Crippen molar-refractivity contribution in [3.8, 4) is 0 Å². The fourth-order valence-corrected chi connectivity index (χ4v) is 3.00. The van der Waals surface area contributed by atoms with Crippen molar-refractivity contribution in [2.45, 2.75) is 129 Å². The zero-order valence-electron chi connectivity index (χ0n) is 15.1. The van der Waals surface area contributed by atoms with E-state index < -0.39 is 0 Å². The fraction of sp³-hybridized carbons (Fsp3) is 1.00. The van der Waals surface area contributed by atoms with Gasteiger partial charge < -0.3 is 0 Å². The van der Waals surface area contributed by atoms with Crippen molar-refractivity contribution >= 4 is 0 Å². The molecule has 0 bridgehead atoms. The van der Waals surface area contributed by atoms with Crippen molar-refractivity contribution in [1.29, 1.82) is 0 Å². The Morgan fingerprint density at radius 2 is 0.810 bits per heavy atom. The molecule has 0 aromatic rings. The van der Waals surface area contributed by atoms with Gasteiger partial charge in [-0.15, -0.1) is 0 Å². The second-order valence-corrected chi connectivity index (χ2v) is 6.99. The van der Waals surface area contributed by atoms with Crippen molar-refractivity contribution in [1.82, 2.24) is 5.73 Å². The van der Waals surface area contributed by atoms with Crippen molar-refractivity contribution < 1.29 is 0 Å². The molecule has 1 N–H and O–H groups in total. The summed E-state index contributed by atoms with van der Waals surface area (Å²) in [5, 5.41) is 0. The average molecular weight is 297 g/mol. The first-order valence-corrected chi connectivity index (χ1v) is 9.98. The summed E-state index contributed by atoms with van der Waals surface area (Å²) in [4.78, 5) is 0. The van der Waals surface area contributed by atoms with Crippen LogP contribution in [-0.4, -0.2) is 6.04 Å². The van der Waals surface area contributed by atoms with Gasteiger partial charge in [-0.3, -0.25) is 5.73 Å². The summed E-state index contributed by atoms with van der Waals surface area (Å²) in [5.74, 6) is 0. The van der Waals surface area contributed by atoms with Gasteiger partial charge in [0, 0.05) is 6.04 Å². The van der Waals surface area contributed by atoms with Crippen LogP contribution in [0.1, 0.15) is 123 Å². The number of rotatable bonds is 17. The number of hydrogen-bond donors (Lipinski definition) is 0. The lowest BCUT2D eigenvalue weighted by atomic mass is 10.0. The first kappa shape index (κ1) is 21.0. The third-order valence-electron chi connectivity index (χ3n) is 4.49. The standard InChI is InChI=1S/C20H42N/c1-3-4-5-6-7-8-9-10-11-12-13-14-15-16-17-18-19-20(2)21/h20-21H,3-19H2,1-2H3. The molecule has 127 valence electrons. The predicted molar refractivity (Wildman–Crippen MR) is 96.7 cm³/mol. The first-order chi connectivity index (χ1) is 10.3. The monoisotopic (exact) mass is 296 g/mol. The average Bonchev–Trinajstić information content (AvgIpc) is 2.46. The Bertz CT molecular complexity index is 177. The summed E-state index contributed by atoms with van der Waals surface area (Å²) in [6.45, 7) is 4.29. The van der Waals surface area contributed by atoms with Crippen molar-refractivity contribution in [2.75, 3.05) is 0 Å². The van der Waals surface area contributed by atoms with Crippen LogP contribution in [0.2, 0.25) is 0 Å². The molecule has 1 heteroatoms. The molecular weight excluding hydrogens is 254 g/mol. The molecule has 0 saturated carbocycles. The molecule has 0 saturated heterocycles. The SMILES string of the molecule is CCCCCCCCCCCCCCCCCCC(C)[NH]. The molecule has 1 radical (unpaired) electrons. The maximum absolute atomic E-state index is 7.46. The highest BCUT2D eigenvalue weighted by molar-refractivity contribution is 4.53. The van der Waals surface area contributed by atoms with Gasteiger partial charge in [0.25, 0.3) is 0 Å². The van der Waals surface area contributed by atoms with Crippen LogP contribution in [0.25, 0.3) is 0 Å². The van der Waals surface area contributed by atoms with Gasteiger partial charge in [-0.25, -0.2) is 0 Å². The highest BCUT2D eigenvalue weighted by atomic mass is 14.6. The minimum absolute atomic E-state index is 0.150. The van der Waals surface area contributed by atoms with E-state index in [9.17, 15) is 0 Å². The number of nitrogens with one attached hydrogen (secondary N) is 1. The zero-order chi connectivity index (χ0) is 15.6. The van der Waals surface area contributed by atoms with Gasteiger partial charge in [0.05, 0.1) is 0 Å². The first-order valence-electron chi connectivity index (χ1n) is 9.98. The van der Waals surface area contributed by atoms with Crippen molar-refractivity contribution in [2.24, 2.45) is 0 Å². The van der Waals surface area contributed by atoms with E-state index in [0.29, 0.717) is 0 Å². The Kier molecular flexibility index (Phi) is 18.0. The second-order valence-electron chi connectivity index (χ2n) is 6.99. The molecule has 1 nitrogen and oxygen atoms in total. The predicted octanol–water partition coefficient (Wildman–Crippen LogP) is 7.31. The maximum Gasteiger partial charge on any atom is 0.0184 e. The van der Waals surface area contributed by atoms with Gasteiger partial charge >= 0.3 is 0 Å². The molecule has 0 fully saturated rings. The van der Waals surface area contributed by atoms with E-state index in [1.807, 2.05) is 6.92 Å². The highest BCUT2D eigenvalue weighted by Gasteiger charge is 1.96. The van der Waals surface area contributed by atoms with Crippen molar-refractivity contribution in [3.05, 3.63) is 0 Å². The number of unbranched alkanes of at least 4 members (excludes halogenated alkanes) is 15. The summed E-state index contributed by atoms with van der Waals surface area (Å²) in [5.41, 5.74) is 7.46. The van der Waals surface area contributed by atoms with Crippen LogP contribution in [-0.2, 0) is 0 Å². The van der Waals surface area contributed by atoms with Gasteiger partial charge in [0.2, 0.25) is 0 Å². The molecule has 0 rings (SSSR count). The van der Waals surface area contributed by atoms with Gasteiger partial charge in [-0.05, 0) is 13.3 Å². The molecule has 21 heavy (non-hydrogen) atoms. The maximum atomic E-state index is 7.46. The Balaban J connectivity index is 2.93. The molecule has 0 spiro atoms. The Morgan fingerprint density at radius 1 is 0.524 bits per heavy atom. The number of hydrogen-bond acceptors (Lipinski definition) is 0. The van der Waals surface area contributed by atoms with E-state index in [4.69, 9.17) is 5.73 Å². The summed E-state index contributed by atoms with van der Waals surface area (Å²) in [6.07, 6.45) is 23.9. The second kappa shape index (κ2) is 18.0. The third kappa shape index (κ3) is 20.0. The van der Waals surface area contributed by atoms with Crippen LogP contribution in [0.15, 0.2) is 0 Å².